The van der Waals surface area contributed by atoms with Crippen LogP contribution in [0.3, 0.4) is 0 Å². The first-order chi connectivity index (χ1) is 10.0. The Kier molecular flexibility index (Phi) is 4.45. The summed E-state index contributed by atoms with van der Waals surface area (Å²) in [7, 11) is 0. The van der Waals surface area contributed by atoms with Crippen LogP contribution in [0.4, 0.5) is 11.4 Å². The number of benzene rings is 1. The van der Waals surface area contributed by atoms with Gasteiger partial charge in [0.1, 0.15) is 5.69 Å². The molecule has 1 aromatic carbocycles. The molecule has 114 valence electrons. The first-order valence-corrected chi connectivity index (χ1v) is 7.32. The number of carbonyl (C=O) groups is 1. The van der Waals surface area contributed by atoms with Gasteiger partial charge < -0.3 is 10.6 Å². The van der Waals surface area contributed by atoms with Crippen LogP contribution in [0.5, 0.6) is 0 Å². The lowest BCUT2D eigenvalue weighted by molar-refractivity contribution is -0.384. The molecule has 2 rings (SSSR count). The van der Waals surface area contributed by atoms with Gasteiger partial charge in [0.2, 0.25) is 0 Å². The van der Waals surface area contributed by atoms with Gasteiger partial charge in [0.25, 0.3) is 11.6 Å². The molecule has 6 nitrogen and oxygen atoms in total. The van der Waals surface area contributed by atoms with Gasteiger partial charge in [-0.2, -0.15) is 0 Å². The summed E-state index contributed by atoms with van der Waals surface area (Å²) < 4.78 is 0. The third-order valence-corrected chi connectivity index (χ3v) is 4.15. The summed E-state index contributed by atoms with van der Waals surface area (Å²) in [6.45, 7) is 5.22. The normalized spacial score (nSPS) is 15.3. The number of rotatable bonds is 7. The van der Waals surface area contributed by atoms with Crippen LogP contribution in [0.1, 0.15) is 43.5 Å². The van der Waals surface area contributed by atoms with Gasteiger partial charge in [0.05, 0.1) is 4.92 Å². The largest absolute Gasteiger partial charge is 0.380 e. The lowest BCUT2D eigenvalue weighted by Crippen LogP contribution is -2.30. The molecule has 1 aromatic rings. The molecule has 6 heteroatoms. The number of nitro groups is 1. The summed E-state index contributed by atoms with van der Waals surface area (Å²) in [5, 5.41) is 16.9. The van der Waals surface area contributed by atoms with E-state index in [4.69, 9.17) is 0 Å². The van der Waals surface area contributed by atoms with E-state index in [9.17, 15) is 14.9 Å². The smallest absolute Gasteiger partial charge is 0.293 e. The second kappa shape index (κ2) is 6.11. The Balaban J connectivity index is 2.10. The summed E-state index contributed by atoms with van der Waals surface area (Å²) in [6, 6.07) is 4.54. The minimum atomic E-state index is -0.469. The standard InChI is InChI=1S/C15H21N3O3/c1-3-15(7-8-15)10-17-14(19)11-5-6-12(16-4-2)13(9-11)18(20)21/h5-6,9,16H,3-4,7-8,10H2,1-2H3,(H,17,19). The third-order valence-electron chi connectivity index (χ3n) is 4.15. The molecular formula is C15H21N3O3. The van der Waals surface area contributed by atoms with Crippen molar-refractivity contribution in [2.45, 2.75) is 33.1 Å². The van der Waals surface area contributed by atoms with E-state index in [1.54, 1.807) is 12.1 Å². The van der Waals surface area contributed by atoms with E-state index in [0.29, 0.717) is 24.3 Å². The summed E-state index contributed by atoms with van der Waals surface area (Å²) in [6.07, 6.45) is 3.33. The highest BCUT2D eigenvalue weighted by Crippen LogP contribution is 2.47. The molecule has 1 aliphatic rings. The topological polar surface area (TPSA) is 84.3 Å². The van der Waals surface area contributed by atoms with Crippen LogP contribution in [0.15, 0.2) is 18.2 Å². The fourth-order valence-electron chi connectivity index (χ4n) is 2.37. The number of nitrogens with one attached hydrogen (secondary N) is 2. The molecule has 1 fully saturated rings. The van der Waals surface area contributed by atoms with E-state index in [2.05, 4.69) is 17.6 Å². The Bertz CT molecular complexity index is 553. The van der Waals surface area contributed by atoms with Crippen molar-refractivity contribution in [2.24, 2.45) is 5.41 Å². The summed E-state index contributed by atoms with van der Waals surface area (Å²) in [4.78, 5) is 22.7. The Labute approximate surface area is 124 Å². The number of nitro benzene ring substituents is 1. The van der Waals surface area contributed by atoms with Gasteiger partial charge in [-0.05, 0) is 43.7 Å². The maximum atomic E-state index is 12.1. The van der Waals surface area contributed by atoms with E-state index in [1.807, 2.05) is 6.92 Å². The Morgan fingerprint density at radius 2 is 2.10 bits per heavy atom. The zero-order valence-corrected chi connectivity index (χ0v) is 12.4. The van der Waals surface area contributed by atoms with Crippen LogP contribution in [0, 0.1) is 15.5 Å². The zero-order valence-electron chi connectivity index (χ0n) is 12.4. The summed E-state index contributed by atoms with van der Waals surface area (Å²) in [5.74, 6) is -0.249. The highest BCUT2D eigenvalue weighted by atomic mass is 16.6. The first-order valence-electron chi connectivity index (χ1n) is 7.32. The molecule has 0 aliphatic heterocycles. The van der Waals surface area contributed by atoms with Crippen LogP contribution in [-0.4, -0.2) is 23.9 Å². The lowest BCUT2D eigenvalue weighted by Gasteiger charge is -2.13. The predicted molar refractivity (Wildman–Crippen MR) is 81.6 cm³/mol. The number of amides is 1. The van der Waals surface area contributed by atoms with Crippen molar-refractivity contribution >= 4 is 17.3 Å². The molecule has 0 unspecified atom stereocenters. The quantitative estimate of drug-likeness (QED) is 0.597. The zero-order chi connectivity index (χ0) is 15.5. The van der Waals surface area contributed by atoms with E-state index < -0.39 is 4.92 Å². The van der Waals surface area contributed by atoms with Gasteiger partial charge in [0.15, 0.2) is 0 Å². The van der Waals surface area contributed by atoms with Gasteiger partial charge in [-0.3, -0.25) is 14.9 Å². The van der Waals surface area contributed by atoms with Crippen molar-refractivity contribution in [3.63, 3.8) is 0 Å². The summed E-state index contributed by atoms with van der Waals surface area (Å²) in [5.41, 5.74) is 0.952. The van der Waals surface area contributed by atoms with E-state index in [1.165, 1.54) is 6.07 Å². The van der Waals surface area contributed by atoms with Gasteiger partial charge in [0, 0.05) is 24.7 Å². The molecule has 0 spiro atoms. The van der Waals surface area contributed by atoms with E-state index in [-0.39, 0.29) is 17.0 Å². The summed E-state index contributed by atoms with van der Waals surface area (Å²) >= 11 is 0. The molecule has 0 heterocycles. The maximum Gasteiger partial charge on any atom is 0.293 e. The average molecular weight is 291 g/mol. The Morgan fingerprint density at radius 1 is 1.38 bits per heavy atom. The number of hydrogen-bond donors (Lipinski definition) is 2. The van der Waals surface area contributed by atoms with Crippen LogP contribution in [0.25, 0.3) is 0 Å². The molecular weight excluding hydrogens is 270 g/mol. The first kappa shape index (κ1) is 15.3. The molecule has 0 radical (unpaired) electrons. The van der Waals surface area contributed by atoms with Crippen LogP contribution in [0.2, 0.25) is 0 Å². The van der Waals surface area contributed by atoms with Crippen molar-refractivity contribution in [1.82, 2.24) is 5.32 Å². The molecule has 1 saturated carbocycles. The van der Waals surface area contributed by atoms with Crippen LogP contribution >= 0.6 is 0 Å². The third kappa shape index (κ3) is 3.51. The number of hydrogen-bond acceptors (Lipinski definition) is 4. The average Bonchev–Trinajstić information content (AvgIpc) is 3.26. The van der Waals surface area contributed by atoms with Crippen molar-refractivity contribution in [1.29, 1.82) is 0 Å². The number of carbonyl (C=O) groups excluding carboxylic acids is 1. The minimum Gasteiger partial charge on any atom is -0.380 e. The highest BCUT2D eigenvalue weighted by Gasteiger charge is 2.40. The van der Waals surface area contributed by atoms with Gasteiger partial charge in [-0.1, -0.05) is 6.92 Å². The van der Waals surface area contributed by atoms with E-state index in [0.717, 1.165) is 19.3 Å². The van der Waals surface area contributed by atoms with Crippen molar-refractivity contribution in [3.8, 4) is 0 Å². The van der Waals surface area contributed by atoms with Crippen LogP contribution < -0.4 is 10.6 Å². The molecule has 1 amide bonds. The lowest BCUT2D eigenvalue weighted by atomic mass is 10.0. The van der Waals surface area contributed by atoms with Crippen molar-refractivity contribution < 1.29 is 9.72 Å². The van der Waals surface area contributed by atoms with Gasteiger partial charge in [-0.25, -0.2) is 0 Å². The number of nitrogens with zero attached hydrogens (tertiary/aromatic N) is 1. The molecule has 0 bridgehead atoms. The predicted octanol–water partition coefficient (Wildman–Crippen LogP) is 2.95. The van der Waals surface area contributed by atoms with Gasteiger partial charge >= 0.3 is 0 Å². The highest BCUT2D eigenvalue weighted by molar-refractivity contribution is 5.95. The number of anilines is 1. The molecule has 2 N–H and O–H groups in total. The Morgan fingerprint density at radius 3 is 2.62 bits per heavy atom. The molecule has 1 aliphatic carbocycles. The fourth-order valence-corrected chi connectivity index (χ4v) is 2.37. The minimum absolute atomic E-state index is 0.0684. The van der Waals surface area contributed by atoms with Crippen molar-refractivity contribution in [3.05, 3.63) is 33.9 Å². The molecule has 0 saturated heterocycles. The van der Waals surface area contributed by atoms with Crippen LogP contribution in [-0.2, 0) is 0 Å². The molecule has 0 aromatic heterocycles. The second-order valence-corrected chi connectivity index (χ2v) is 5.56. The molecule has 0 atom stereocenters. The fraction of sp³-hybridized carbons (Fsp3) is 0.533. The second-order valence-electron chi connectivity index (χ2n) is 5.56. The monoisotopic (exact) mass is 291 g/mol. The SMILES string of the molecule is CCNc1ccc(C(=O)NCC2(CC)CC2)cc1[N+](=O)[O-]. The maximum absolute atomic E-state index is 12.1. The van der Waals surface area contributed by atoms with E-state index >= 15 is 0 Å². The Hall–Kier alpha value is -2.11. The van der Waals surface area contributed by atoms with Crippen molar-refractivity contribution in [2.75, 3.05) is 18.4 Å². The molecule has 21 heavy (non-hydrogen) atoms. The van der Waals surface area contributed by atoms with Gasteiger partial charge in [-0.15, -0.1) is 0 Å².